The summed E-state index contributed by atoms with van der Waals surface area (Å²) >= 11 is 5.42. The number of hydrogen-bond acceptors (Lipinski definition) is 5. The predicted octanol–water partition coefficient (Wildman–Crippen LogP) is 8.80. The van der Waals surface area contributed by atoms with Gasteiger partial charge in [-0.05, 0) is 54.0 Å². The standard InChI is InChI=1S/C28H36N2S3Si/c1-5-7-9-11-15-34(16-12-10-8-6-2)23-17-20(4)31-27(23)28-24(34)18-22(32-28)21-14-13-19(3)25-26(21)30-33-29-25/h13-14,17-18H,5-12,15-16H2,1-4H3. The molecule has 1 aliphatic heterocycles. The minimum Gasteiger partial charge on any atom is -0.173 e. The summed E-state index contributed by atoms with van der Waals surface area (Å²) in [5.74, 6) is 0. The molecule has 0 aliphatic carbocycles. The number of unbranched alkanes of at least 4 members (excludes halogenated alkanes) is 6. The fourth-order valence-electron chi connectivity index (χ4n) is 5.79. The van der Waals surface area contributed by atoms with E-state index in [-0.39, 0.29) is 0 Å². The van der Waals surface area contributed by atoms with Gasteiger partial charge in [-0.2, -0.15) is 8.75 Å². The molecule has 0 N–H and O–H groups in total. The second-order valence-electron chi connectivity index (χ2n) is 10.0. The summed E-state index contributed by atoms with van der Waals surface area (Å²) in [6.07, 6.45) is 10.9. The zero-order valence-corrected chi connectivity index (χ0v) is 24.4. The Hall–Kier alpha value is -1.34. The van der Waals surface area contributed by atoms with Gasteiger partial charge >= 0.3 is 0 Å². The number of rotatable bonds is 11. The van der Waals surface area contributed by atoms with Crippen LogP contribution in [0.15, 0.2) is 24.3 Å². The third-order valence-corrected chi connectivity index (χ3v) is 16.2. The van der Waals surface area contributed by atoms with Crippen molar-refractivity contribution < 1.29 is 0 Å². The highest BCUT2D eigenvalue weighted by molar-refractivity contribution is 7.30. The predicted molar refractivity (Wildman–Crippen MR) is 156 cm³/mol. The number of nitrogens with zero attached hydrogens (tertiary/aromatic N) is 2. The smallest absolute Gasteiger partial charge is 0.122 e. The number of aryl methyl sites for hydroxylation is 2. The van der Waals surface area contributed by atoms with Crippen molar-refractivity contribution in [2.24, 2.45) is 0 Å². The van der Waals surface area contributed by atoms with E-state index in [9.17, 15) is 0 Å². The minimum atomic E-state index is -1.74. The first kappa shape index (κ1) is 24.4. The zero-order chi connectivity index (χ0) is 23.7. The molecule has 4 aromatic rings. The quantitative estimate of drug-likeness (QED) is 0.145. The van der Waals surface area contributed by atoms with Crippen LogP contribution < -0.4 is 10.4 Å². The Morgan fingerprint density at radius 3 is 2.09 bits per heavy atom. The molecule has 0 spiro atoms. The topological polar surface area (TPSA) is 25.8 Å². The van der Waals surface area contributed by atoms with E-state index in [1.165, 1.54) is 96.1 Å². The Kier molecular flexibility index (Phi) is 7.40. The first-order valence-corrected chi connectivity index (χ1v) is 17.8. The summed E-state index contributed by atoms with van der Waals surface area (Å²) in [7, 11) is -1.74. The van der Waals surface area contributed by atoms with Gasteiger partial charge in [-0.25, -0.2) is 0 Å². The molecule has 1 aliphatic rings. The van der Waals surface area contributed by atoms with E-state index in [0.29, 0.717) is 0 Å². The van der Waals surface area contributed by atoms with Crippen LogP contribution in [-0.2, 0) is 0 Å². The first-order valence-electron chi connectivity index (χ1n) is 13.1. The van der Waals surface area contributed by atoms with Gasteiger partial charge in [0, 0.05) is 25.1 Å². The van der Waals surface area contributed by atoms with Crippen LogP contribution in [0, 0.1) is 13.8 Å². The number of fused-ring (bicyclic) bond motifs is 4. The molecular weight excluding hydrogens is 489 g/mol. The summed E-state index contributed by atoms with van der Waals surface area (Å²) < 4.78 is 9.31. The van der Waals surface area contributed by atoms with E-state index in [1.54, 1.807) is 20.1 Å². The van der Waals surface area contributed by atoms with Gasteiger partial charge in [0.05, 0.1) is 11.7 Å². The van der Waals surface area contributed by atoms with Crippen LogP contribution in [-0.4, -0.2) is 16.8 Å². The van der Waals surface area contributed by atoms with Crippen molar-refractivity contribution in [1.82, 2.24) is 8.75 Å². The van der Waals surface area contributed by atoms with E-state index >= 15 is 0 Å². The number of aromatic nitrogens is 2. The van der Waals surface area contributed by atoms with Crippen LogP contribution in [0.3, 0.4) is 0 Å². The lowest BCUT2D eigenvalue weighted by atomic mass is 10.1. The Morgan fingerprint density at radius 2 is 1.38 bits per heavy atom. The van der Waals surface area contributed by atoms with Crippen molar-refractivity contribution in [3.05, 3.63) is 34.7 Å². The molecule has 0 amide bonds. The van der Waals surface area contributed by atoms with E-state index in [4.69, 9.17) is 4.37 Å². The largest absolute Gasteiger partial charge is 0.173 e. The van der Waals surface area contributed by atoms with Crippen molar-refractivity contribution in [2.45, 2.75) is 91.1 Å². The van der Waals surface area contributed by atoms with Crippen molar-refractivity contribution in [2.75, 3.05) is 0 Å². The Labute approximate surface area is 217 Å². The molecule has 1 aromatic carbocycles. The van der Waals surface area contributed by atoms with Crippen LogP contribution in [0.1, 0.15) is 75.7 Å². The molecule has 0 bridgehead atoms. The second-order valence-corrected chi connectivity index (χ2v) is 17.1. The van der Waals surface area contributed by atoms with Crippen LogP contribution >= 0.6 is 34.4 Å². The van der Waals surface area contributed by atoms with Crippen molar-refractivity contribution in [1.29, 1.82) is 0 Å². The molecule has 180 valence electrons. The molecule has 3 aromatic heterocycles. The molecular formula is C28H36N2S3Si. The number of benzene rings is 1. The van der Waals surface area contributed by atoms with Crippen molar-refractivity contribution >= 4 is 63.9 Å². The summed E-state index contributed by atoms with van der Waals surface area (Å²) in [5.41, 5.74) is 4.67. The summed E-state index contributed by atoms with van der Waals surface area (Å²) in [4.78, 5) is 6.10. The maximum atomic E-state index is 4.71. The summed E-state index contributed by atoms with van der Waals surface area (Å²) in [6, 6.07) is 12.6. The highest BCUT2D eigenvalue weighted by Gasteiger charge is 2.47. The highest BCUT2D eigenvalue weighted by Crippen LogP contribution is 2.46. The van der Waals surface area contributed by atoms with Gasteiger partial charge in [0.25, 0.3) is 0 Å². The van der Waals surface area contributed by atoms with E-state index < -0.39 is 8.07 Å². The molecule has 4 heterocycles. The normalized spacial score (nSPS) is 14.1. The molecule has 0 atom stereocenters. The molecule has 0 saturated carbocycles. The SMILES string of the molecule is CCCCCC[Si]1(CCCCCC)c2cc(C)sc2-c2sc(-c3ccc(C)c4nsnc34)cc21. The van der Waals surface area contributed by atoms with Gasteiger partial charge in [0.2, 0.25) is 0 Å². The highest BCUT2D eigenvalue weighted by atomic mass is 32.1. The number of thiophene rings is 2. The lowest BCUT2D eigenvalue weighted by Gasteiger charge is -2.29. The molecule has 0 saturated heterocycles. The van der Waals surface area contributed by atoms with Crippen LogP contribution in [0.25, 0.3) is 31.2 Å². The molecule has 0 unspecified atom stereocenters. The first-order chi connectivity index (χ1) is 16.6. The average Bonchev–Trinajstić information content (AvgIpc) is 3.59. The van der Waals surface area contributed by atoms with Gasteiger partial charge in [0.1, 0.15) is 19.1 Å². The van der Waals surface area contributed by atoms with E-state index in [1.807, 2.05) is 22.7 Å². The molecule has 0 fully saturated rings. The van der Waals surface area contributed by atoms with Gasteiger partial charge in [-0.15, -0.1) is 22.7 Å². The second kappa shape index (κ2) is 10.3. The third kappa shape index (κ3) is 4.25. The summed E-state index contributed by atoms with van der Waals surface area (Å²) in [6.45, 7) is 9.11. The van der Waals surface area contributed by atoms with Crippen LogP contribution in [0.5, 0.6) is 0 Å². The zero-order valence-electron chi connectivity index (χ0n) is 21.0. The third-order valence-electron chi connectivity index (χ3n) is 7.62. The molecule has 0 radical (unpaired) electrons. The molecule has 6 heteroatoms. The molecule has 5 rings (SSSR count). The minimum absolute atomic E-state index is 1.08. The fourth-order valence-corrected chi connectivity index (χ4v) is 15.8. The summed E-state index contributed by atoms with van der Waals surface area (Å²) in [5, 5.41) is 3.53. The van der Waals surface area contributed by atoms with Crippen LogP contribution in [0.4, 0.5) is 0 Å². The maximum absolute atomic E-state index is 4.71. The van der Waals surface area contributed by atoms with Gasteiger partial charge in [-0.1, -0.05) is 77.3 Å². The lowest BCUT2D eigenvalue weighted by molar-refractivity contribution is 0.684. The Balaban J connectivity index is 1.60. The monoisotopic (exact) mass is 524 g/mol. The Bertz CT molecular complexity index is 1270. The average molecular weight is 525 g/mol. The molecule has 2 nitrogen and oxygen atoms in total. The fraction of sp³-hybridized carbons (Fsp3) is 0.500. The van der Waals surface area contributed by atoms with Crippen LogP contribution in [0.2, 0.25) is 12.1 Å². The Morgan fingerprint density at radius 1 is 0.735 bits per heavy atom. The van der Waals surface area contributed by atoms with Crippen molar-refractivity contribution in [3.63, 3.8) is 0 Å². The maximum Gasteiger partial charge on any atom is 0.122 e. The number of hydrogen-bond donors (Lipinski definition) is 0. The van der Waals surface area contributed by atoms with E-state index in [2.05, 4.69) is 56.3 Å². The lowest BCUT2D eigenvalue weighted by Crippen LogP contribution is -2.54. The van der Waals surface area contributed by atoms with Crippen molar-refractivity contribution in [3.8, 4) is 20.2 Å². The van der Waals surface area contributed by atoms with E-state index in [0.717, 1.165) is 11.0 Å². The van der Waals surface area contributed by atoms with Gasteiger partial charge in [0.15, 0.2) is 0 Å². The van der Waals surface area contributed by atoms with Gasteiger partial charge in [-0.3, -0.25) is 0 Å². The molecule has 34 heavy (non-hydrogen) atoms. The van der Waals surface area contributed by atoms with Gasteiger partial charge < -0.3 is 0 Å².